The summed E-state index contributed by atoms with van der Waals surface area (Å²) in [7, 11) is 2.11. The van der Waals surface area contributed by atoms with Gasteiger partial charge in [-0.25, -0.2) is 0 Å². The van der Waals surface area contributed by atoms with Crippen LogP contribution in [0, 0.1) is 5.92 Å². The molecule has 0 saturated carbocycles. The minimum atomic E-state index is -0.0831. The van der Waals surface area contributed by atoms with Crippen molar-refractivity contribution < 1.29 is 9.53 Å². The van der Waals surface area contributed by atoms with Crippen LogP contribution in [0.3, 0.4) is 0 Å². The van der Waals surface area contributed by atoms with Gasteiger partial charge in [0, 0.05) is 0 Å². The minimum Gasteiger partial charge on any atom is -0.457 e. The van der Waals surface area contributed by atoms with Gasteiger partial charge in [-0.05, 0) is 51.4 Å². The van der Waals surface area contributed by atoms with E-state index in [1.165, 1.54) is 19.3 Å². The molecule has 1 aliphatic heterocycles. The highest BCUT2D eigenvalue weighted by molar-refractivity contribution is 5.72. The van der Waals surface area contributed by atoms with Crippen LogP contribution in [0.25, 0.3) is 0 Å². The van der Waals surface area contributed by atoms with Gasteiger partial charge in [-0.1, -0.05) is 56.5 Å². The zero-order valence-electron chi connectivity index (χ0n) is 14.7. The van der Waals surface area contributed by atoms with Crippen molar-refractivity contribution >= 4 is 5.97 Å². The van der Waals surface area contributed by atoms with E-state index in [1.807, 2.05) is 18.2 Å². The summed E-state index contributed by atoms with van der Waals surface area (Å²) in [5, 5.41) is 0. The van der Waals surface area contributed by atoms with Crippen LogP contribution in [0.5, 0.6) is 0 Å². The highest BCUT2D eigenvalue weighted by Gasteiger charge is 2.27. The summed E-state index contributed by atoms with van der Waals surface area (Å²) in [5.41, 5.74) is 1.13. The maximum Gasteiger partial charge on any atom is 0.309 e. The molecule has 3 heteroatoms. The highest BCUT2D eigenvalue weighted by atomic mass is 16.5. The first-order chi connectivity index (χ1) is 11.2. The third-order valence-corrected chi connectivity index (χ3v) is 4.80. The van der Waals surface area contributed by atoms with Crippen LogP contribution >= 0.6 is 0 Å². The lowest BCUT2D eigenvalue weighted by molar-refractivity contribution is -0.156. The average molecular weight is 317 g/mol. The van der Waals surface area contributed by atoms with Gasteiger partial charge in [0.2, 0.25) is 0 Å². The van der Waals surface area contributed by atoms with E-state index in [0.717, 1.165) is 44.3 Å². The number of hydrogen-bond donors (Lipinski definition) is 0. The predicted molar refractivity (Wildman–Crippen MR) is 94.3 cm³/mol. The number of nitrogens with zero attached hydrogens (tertiary/aromatic N) is 1. The van der Waals surface area contributed by atoms with E-state index in [4.69, 9.17) is 4.74 Å². The van der Waals surface area contributed by atoms with Gasteiger partial charge in [0.05, 0.1) is 5.92 Å². The van der Waals surface area contributed by atoms with Crippen LogP contribution < -0.4 is 0 Å². The maximum atomic E-state index is 12.5. The maximum absolute atomic E-state index is 12.5. The molecule has 0 radical (unpaired) electrons. The van der Waals surface area contributed by atoms with Crippen LogP contribution in [0.1, 0.15) is 63.5 Å². The molecule has 128 valence electrons. The van der Waals surface area contributed by atoms with Crippen LogP contribution in [-0.4, -0.2) is 31.0 Å². The van der Waals surface area contributed by atoms with Crippen molar-refractivity contribution in [2.45, 2.75) is 58.0 Å². The molecule has 1 aromatic carbocycles. The molecule has 2 rings (SSSR count). The van der Waals surface area contributed by atoms with Gasteiger partial charge in [-0.15, -0.1) is 0 Å². The fraction of sp³-hybridized carbons (Fsp3) is 0.650. The molecule has 0 aliphatic carbocycles. The van der Waals surface area contributed by atoms with Crippen molar-refractivity contribution in [1.29, 1.82) is 0 Å². The first kappa shape index (κ1) is 18.0. The first-order valence-corrected chi connectivity index (χ1v) is 9.14. The van der Waals surface area contributed by atoms with E-state index in [9.17, 15) is 4.79 Å². The Kier molecular flexibility index (Phi) is 7.60. The van der Waals surface area contributed by atoms with E-state index < -0.39 is 0 Å². The molecular weight excluding hydrogens is 286 g/mol. The number of piperidine rings is 1. The van der Waals surface area contributed by atoms with Crippen LogP contribution in [0.2, 0.25) is 0 Å². The molecule has 0 spiro atoms. The van der Waals surface area contributed by atoms with Crippen molar-refractivity contribution in [3.63, 3.8) is 0 Å². The van der Waals surface area contributed by atoms with Crippen LogP contribution in [0.15, 0.2) is 30.3 Å². The van der Waals surface area contributed by atoms with Gasteiger partial charge in [-0.2, -0.15) is 0 Å². The van der Waals surface area contributed by atoms with Gasteiger partial charge >= 0.3 is 5.97 Å². The number of rotatable bonds is 8. The molecular formula is C20H31NO2. The standard InChI is InChI=1S/C20H31NO2/c1-3-4-5-9-12-19(17-10-7-6-8-11-17)23-20(22)18-13-15-21(2)16-14-18/h6-8,10-11,18-19H,3-5,9,12-16H2,1-2H3. The van der Waals surface area contributed by atoms with Crippen molar-refractivity contribution in [3.8, 4) is 0 Å². The molecule has 1 aliphatic rings. The molecule has 1 fully saturated rings. The van der Waals surface area contributed by atoms with Gasteiger partial charge in [0.1, 0.15) is 6.10 Å². The normalized spacial score (nSPS) is 17.8. The molecule has 1 heterocycles. The molecule has 23 heavy (non-hydrogen) atoms. The van der Waals surface area contributed by atoms with E-state index in [1.54, 1.807) is 0 Å². The smallest absolute Gasteiger partial charge is 0.309 e. The van der Waals surface area contributed by atoms with Crippen LogP contribution in [-0.2, 0) is 9.53 Å². The number of carbonyl (C=O) groups is 1. The zero-order valence-corrected chi connectivity index (χ0v) is 14.7. The summed E-state index contributed by atoms with van der Waals surface area (Å²) < 4.78 is 5.93. The Morgan fingerprint density at radius 3 is 2.52 bits per heavy atom. The Morgan fingerprint density at radius 1 is 1.17 bits per heavy atom. The summed E-state index contributed by atoms with van der Waals surface area (Å²) in [5.74, 6) is 0.0792. The number of esters is 1. The summed E-state index contributed by atoms with van der Waals surface area (Å²) in [4.78, 5) is 14.8. The fourth-order valence-corrected chi connectivity index (χ4v) is 3.20. The minimum absolute atomic E-state index is 0.00226. The van der Waals surface area contributed by atoms with Gasteiger partial charge in [0.25, 0.3) is 0 Å². The van der Waals surface area contributed by atoms with Gasteiger partial charge in [0.15, 0.2) is 0 Å². The number of hydrogen-bond acceptors (Lipinski definition) is 3. The molecule has 1 saturated heterocycles. The quantitative estimate of drug-likeness (QED) is 0.519. The number of carbonyl (C=O) groups excluding carboxylic acids is 1. The van der Waals surface area contributed by atoms with E-state index >= 15 is 0 Å². The molecule has 1 unspecified atom stereocenters. The third kappa shape index (κ3) is 5.98. The molecule has 1 atom stereocenters. The van der Waals surface area contributed by atoms with Gasteiger partial charge in [-0.3, -0.25) is 4.79 Å². The fourth-order valence-electron chi connectivity index (χ4n) is 3.20. The van der Waals surface area contributed by atoms with Crippen molar-refractivity contribution in [1.82, 2.24) is 4.90 Å². The first-order valence-electron chi connectivity index (χ1n) is 9.14. The second kappa shape index (κ2) is 9.71. The van der Waals surface area contributed by atoms with Crippen molar-refractivity contribution in [2.75, 3.05) is 20.1 Å². The lowest BCUT2D eigenvalue weighted by atomic mass is 9.97. The Morgan fingerprint density at radius 2 is 1.87 bits per heavy atom. The Bertz CT molecular complexity index is 452. The van der Waals surface area contributed by atoms with Gasteiger partial charge < -0.3 is 9.64 Å². The summed E-state index contributed by atoms with van der Waals surface area (Å²) >= 11 is 0. The lowest BCUT2D eigenvalue weighted by Gasteiger charge is -2.29. The zero-order chi connectivity index (χ0) is 16.5. The molecule has 0 N–H and O–H groups in total. The second-order valence-electron chi connectivity index (χ2n) is 6.76. The third-order valence-electron chi connectivity index (χ3n) is 4.80. The highest BCUT2D eigenvalue weighted by Crippen LogP contribution is 2.27. The molecule has 0 bridgehead atoms. The number of benzene rings is 1. The van der Waals surface area contributed by atoms with Crippen molar-refractivity contribution in [2.24, 2.45) is 5.92 Å². The Hall–Kier alpha value is -1.35. The van der Waals surface area contributed by atoms with E-state index in [-0.39, 0.29) is 18.0 Å². The van der Waals surface area contributed by atoms with Crippen LogP contribution in [0.4, 0.5) is 0 Å². The summed E-state index contributed by atoms with van der Waals surface area (Å²) in [6.45, 7) is 4.20. The number of likely N-dealkylation sites (tertiary alicyclic amines) is 1. The average Bonchev–Trinajstić information content (AvgIpc) is 2.59. The molecule has 0 aromatic heterocycles. The summed E-state index contributed by atoms with van der Waals surface area (Å²) in [6.07, 6.45) is 7.51. The van der Waals surface area contributed by atoms with E-state index in [2.05, 4.69) is 31.0 Å². The topological polar surface area (TPSA) is 29.5 Å². The summed E-state index contributed by atoms with van der Waals surface area (Å²) in [6, 6.07) is 10.2. The number of ether oxygens (including phenoxy) is 1. The van der Waals surface area contributed by atoms with Crippen molar-refractivity contribution in [3.05, 3.63) is 35.9 Å². The largest absolute Gasteiger partial charge is 0.457 e. The predicted octanol–water partition coefficient (Wildman–Crippen LogP) is 4.58. The number of unbranched alkanes of at least 4 members (excludes halogenated alkanes) is 3. The lowest BCUT2D eigenvalue weighted by Crippen LogP contribution is -2.34. The van der Waals surface area contributed by atoms with E-state index in [0.29, 0.717) is 0 Å². The molecule has 1 aromatic rings. The second-order valence-corrected chi connectivity index (χ2v) is 6.76. The SMILES string of the molecule is CCCCCCC(OC(=O)C1CCN(C)CC1)c1ccccc1. The molecule has 3 nitrogen and oxygen atoms in total. The Labute approximate surface area is 141 Å². The molecule has 0 amide bonds. The Balaban J connectivity index is 1.92. The monoisotopic (exact) mass is 317 g/mol.